The molecule has 0 unspecified atom stereocenters. The summed E-state index contributed by atoms with van der Waals surface area (Å²) in [6.07, 6.45) is 0.616. The molecule has 1 aliphatic rings. The van der Waals surface area contributed by atoms with Crippen LogP contribution in [0.15, 0.2) is 22.7 Å². The second kappa shape index (κ2) is 8.01. The topological polar surface area (TPSA) is 47.6 Å². The number of esters is 1. The van der Waals surface area contributed by atoms with Crippen LogP contribution in [0.5, 0.6) is 5.75 Å². The maximum atomic E-state index is 11.4. The van der Waals surface area contributed by atoms with Gasteiger partial charge < -0.3 is 14.8 Å². The zero-order valence-electron chi connectivity index (χ0n) is 12.4. The van der Waals surface area contributed by atoms with Crippen LogP contribution in [0.2, 0.25) is 0 Å². The Kier molecular flexibility index (Phi) is 6.97. The van der Waals surface area contributed by atoms with Crippen molar-refractivity contribution in [2.45, 2.75) is 38.3 Å². The van der Waals surface area contributed by atoms with Crippen LogP contribution >= 0.6 is 28.3 Å². The molecule has 0 radical (unpaired) electrons. The SMILES string of the molecule is COC(=O)[C@@H]1C[C@H](Oc2ccc(C(C)C)cc2Br)CN1.Cl. The van der Waals surface area contributed by atoms with E-state index < -0.39 is 0 Å². The Morgan fingerprint density at radius 3 is 2.71 bits per heavy atom. The highest BCUT2D eigenvalue weighted by Crippen LogP contribution is 2.30. The molecular weight excluding hydrogens is 358 g/mol. The van der Waals surface area contributed by atoms with Crippen LogP contribution in [0, 0.1) is 0 Å². The lowest BCUT2D eigenvalue weighted by atomic mass is 10.0. The number of halogens is 2. The van der Waals surface area contributed by atoms with Gasteiger partial charge in [0, 0.05) is 13.0 Å². The first-order chi connectivity index (χ1) is 9.51. The highest BCUT2D eigenvalue weighted by molar-refractivity contribution is 9.10. The zero-order valence-corrected chi connectivity index (χ0v) is 14.8. The third-order valence-electron chi connectivity index (χ3n) is 3.49. The summed E-state index contributed by atoms with van der Waals surface area (Å²) < 4.78 is 11.6. The van der Waals surface area contributed by atoms with Crippen LogP contribution < -0.4 is 10.1 Å². The van der Waals surface area contributed by atoms with Crippen molar-refractivity contribution in [2.75, 3.05) is 13.7 Å². The first kappa shape index (κ1) is 18.3. The van der Waals surface area contributed by atoms with Gasteiger partial charge in [0.2, 0.25) is 0 Å². The van der Waals surface area contributed by atoms with E-state index in [4.69, 9.17) is 9.47 Å². The molecule has 6 heteroatoms. The molecular formula is C15H21BrClNO3. The molecule has 1 aromatic rings. The summed E-state index contributed by atoms with van der Waals surface area (Å²) in [5.74, 6) is 1.06. The molecule has 118 valence electrons. The van der Waals surface area contributed by atoms with Gasteiger partial charge >= 0.3 is 5.97 Å². The molecule has 21 heavy (non-hydrogen) atoms. The monoisotopic (exact) mass is 377 g/mol. The minimum absolute atomic E-state index is 0. The number of nitrogens with one attached hydrogen (secondary N) is 1. The lowest BCUT2D eigenvalue weighted by Gasteiger charge is -2.15. The second-order valence-electron chi connectivity index (χ2n) is 5.30. The Morgan fingerprint density at radius 2 is 2.14 bits per heavy atom. The van der Waals surface area contributed by atoms with E-state index >= 15 is 0 Å². The van der Waals surface area contributed by atoms with Crippen LogP contribution in [0.25, 0.3) is 0 Å². The van der Waals surface area contributed by atoms with Crippen LogP contribution in [0.4, 0.5) is 0 Å². The number of rotatable bonds is 4. The summed E-state index contributed by atoms with van der Waals surface area (Å²) in [4.78, 5) is 11.4. The highest BCUT2D eigenvalue weighted by atomic mass is 79.9. The lowest BCUT2D eigenvalue weighted by molar-refractivity contribution is -0.142. The number of carbonyl (C=O) groups excluding carboxylic acids is 1. The van der Waals surface area contributed by atoms with Crippen molar-refractivity contribution >= 4 is 34.3 Å². The molecule has 2 rings (SSSR count). The third kappa shape index (κ3) is 4.59. The van der Waals surface area contributed by atoms with Gasteiger partial charge in [-0.05, 0) is 39.5 Å². The quantitative estimate of drug-likeness (QED) is 0.817. The zero-order chi connectivity index (χ0) is 14.7. The van der Waals surface area contributed by atoms with Gasteiger partial charge in [-0.3, -0.25) is 4.79 Å². The Balaban J connectivity index is 0.00000220. The van der Waals surface area contributed by atoms with Crippen molar-refractivity contribution in [1.82, 2.24) is 5.32 Å². The van der Waals surface area contributed by atoms with Crippen molar-refractivity contribution in [1.29, 1.82) is 0 Å². The van der Waals surface area contributed by atoms with E-state index in [1.807, 2.05) is 6.07 Å². The summed E-state index contributed by atoms with van der Waals surface area (Å²) in [5.41, 5.74) is 1.27. The van der Waals surface area contributed by atoms with Crippen molar-refractivity contribution in [3.05, 3.63) is 28.2 Å². The van der Waals surface area contributed by atoms with E-state index in [-0.39, 0.29) is 30.5 Å². The number of hydrogen-bond donors (Lipinski definition) is 1. The Hall–Kier alpha value is -0.780. The smallest absolute Gasteiger partial charge is 0.323 e. The second-order valence-corrected chi connectivity index (χ2v) is 6.16. The highest BCUT2D eigenvalue weighted by Gasteiger charge is 2.31. The maximum Gasteiger partial charge on any atom is 0.323 e. The fourth-order valence-electron chi connectivity index (χ4n) is 2.27. The van der Waals surface area contributed by atoms with Crippen LogP contribution in [0.1, 0.15) is 31.7 Å². The molecule has 1 aromatic carbocycles. The molecule has 1 saturated heterocycles. The molecule has 0 aliphatic carbocycles. The van der Waals surface area contributed by atoms with Gasteiger partial charge in [-0.25, -0.2) is 0 Å². The summed E-state index contributed by atoms with van der Waals surface area (Å²) in [5, 5.41) is 3.11. The van der Waals surface area contributed by atoms with E-state index in [2.05, 4.69) is 47.2 Å². The minimum Gasteiger partial charge on any atom is -0.488 e. The maximum absolute atomic E-state index is 11.4. The standard InChI is InChI=1S/C15H20BrNO3.ClH/c1-9(2)10-4-5-14(12(16)6-10)20-11-7-13(17-8-11)15(18)19-3;/h4-6,9,11,13,17H,7-8H2,1-3H3;1H/t11-,13-;/m0./s1. The Morgan fingerprint density at radius 1 is 1.43 bits per heavy atom. The normalized spacial score (nSPS) is 21.0. The molecule has 1 aliphatic heterocycles. The molecule has 4 nitrogen and oxygen atoms in total. The van der Waals surface area contributed by atoms with E-state index in [1.54, 1.807) is 0 Å². The molecule has 1 N–H and O–H groups in total. The van der Waals surface area contributed by atoms with Crippen molar-refractivity contribution in [2.24, 2.45) is 0 Å². The molecule has 1 fully saturated rings. The van der Waals surface area contributed by atoms with Gasteiger partial charge in [-0.2, -0.15) is 0 Å². The fourth-order valence-corrected chi connectivity index (χ4v) is 2.76. The molecule has 0 spiro atoms. The number of methoxy groups -OCH3 is 1. The van der Waals surface area contributed by atoms with Gasteiger partial charge in [-0.1, -0.05) is 19.9 Å². The average molecular weight is 379 g/mol. The predicted octanol–water partition coefficient (Wildman–Crippen LogP) is 3.28. The summed E-state index contributed by atoms with van der Waals surface area (Å²) in [7, 11) is 1.40. The molecule has 0 amide bonds. The summed E-state index contributed by atoms with van der Waals surface area (Å²) >= 11 is 3.54. The number of hydrogen-bond acceptors (Lipinski definition) is 4. The molecule has 0 bridgehead atoms. The van der Waals surface area contributed by atoms with Gasteiger partial charge in [0.15, 0.2) is 0 Å². The number of carbonyl (C=O) groups is 1. The average Bonchev–Trinajstić information content (AvgIpc) is 2.88. The van der Waals surface area contributed by atoms with Crippen molar-refractivity contribution in [3.8, 4) is 5.75 Å². The van der Waals surface area contributed by atoms with Gasteiger partial charge in [0.25, 0.3) is 0 Å². The summed E-state index contributed by atoms with van der Waals surface area (Å²) in [6.45, 7) is 4.96. The molecule has 2 atom stereocenters. The number of benzene rings is 1. The Bertz CT molecular complexity index is 496. The van der Waals surface area contributed by atoms with Crippen LogP contribution in [-0.2, 0) is 9.53 Å². The molecule has 0 aromatic heterocycles. The fraction of sp³-hybridized carbons (Fsp3) is 0.533. The van der Waals surface area contributed by atoms with Gasteiger partial charge in [0.1, 0.15) is 17.9 Å². The molecule has 0 saturated carbocycles. The van der Waals surface area contributed by atoms with Gasteiger partial charge in [-0.15, -0.1) is 12.4 Å². The first-order valence-corrected chi connectivity index (χ1v) is 7.58. The van der Waals surface area contributed by atoms with Crippen LogP contribution in [0.3, 0.4) is 0 Å². The van der Waals surface area contributed by atoms with E-state index in [9.17, 15) is 4.79 Å². The Labute approximate surface area is 140 Å². The largest absolute Gasteiger partial charge is 0.488 e. The van der Waals surface area contributed by atoms with Crippen molar-refractivity contribution < 1.29 is 14.3 Å². The van der Waals surface area contributed by atoms with E-state index in [0.717, 1.165) is 10.2 Å². The number of ether oxygens (including phenoxy) is 2. The summed E-state index contributed by atoms with van der Waals surface area (Å²) in [6, 6.07) is 5.87. The van der Waals surface area contributed by atoms with Crippen LogP contribution in [-0.4, -0.2) is 31.8 Å². The van der Waals surface area contributed by atoms with E-state index in [1.165, 1.54) is 12.7 Å². The minimum atomic E-state index is -0.265. The first-order valence-electron chi connectivity index (χ1n) is 6.78. The predicted molar refractivity (Wildman–Crippen MR) is 88.3 cm³/mol. The van der Waals surface area contributed by atoms with Crippen molar-refractivity contribution in [3.63, 3.8) is 0 Å². The molecule has 1 heterocycles. The lowest BCUT2D eigenvalue weighted by Crippen LogP contribution is -2.31. The third-order valence-corrected chi connectivity index (χ3v) is 4.11. The van der Waals surface area contributed by atoms with Gasteiger partial charge in [0.05, 0.1) is 11.6 Å². The van der Waals surface area contributed by atoms with E-state index in [0.29, 0.717) is 18.9 Å².